The third-order valence-corrected chi connectivity index (χ3v) is 5.61. The first-order chi connectivity index (χ1) is 16.0. The van der Waals surface area contributed by atoms with E-state index in [-0.39, 0.29) is 24.4 Å². The van der Waals surface area contributed by atoms with Crippen LogP contribution in [0.5, 0.6) is 0 Å². The first kappa shape index (κ1) is 22.3. The highest BCUT2D eigenvalue weighted by Gasteiger charge is 2.20. The number of nitrogens with zero attached hydrogens (tertiary/aromatic N) is 2. The Morgan fingerprint density at radius 2 is 1.64 bits per heavy atom. The molecule has 1 atom stereocenters. The number of amides is 2. The van der Waals surface area contributed by atoms with Gasteiger partial charge in [0, 0.05) is 12.1 Å². The SMILES string of the molecule is Cc1ccc(C(=O)NC(C)c2nc3ccccc3n2CC(=O)NCCc2ccccc2)cc1. The summed E-state index contributed by atoms with van der Waals surface area (Å²) in [6.45, 7) is 4.56. The van der Waals surface area contributed by atoms with Gasteiger partial charge in [0.1, 0.15) is 12.4 Å². The molecule has 0 saturated carbocycles. The van der Waals surface area contributed by atoms with E-state index in [1.807, 2.05) is 85.1 Å². The van der Waals surface area contributed by atoms with Crippen molar-refractivity contribution >= 4 is 22.8 Å². The number of aryl methyl sites for hydroxylation is 1. The molecule has 1 unspecified atom stereocenters. The smallest absolute Gasteiger partial charge is 0.251 e. The van der Waals surface area contributed by atoms with Crippen molar-refractivity contribution in [1.29, 1.82) is 0 Å². The van der Waals surface area contributed by atoms with Gasteiger partial charge in [-0.2, -0.15) is 0 Å². The van der Waals surface area contributed by atoms with E-state index in [1.165, 1.54) is 5.56 Å². The van der Waals surface area contributed by atoms with Gasteiger partial charge in [-0.25, -0.2) is 4.98 Å². The van der Waals surface area contributed by atoms with E-state index in [1.54, 1.807) is 12.1 Å². The highest BCUT2D eigenvalue weighted by atomic mass is 16.2. The number of carbonyl (C=O) groups excluding carboxylic acids is 2. The molecule has 0 aliphatic rings. The zero-order valence-electron chi connectivity index (χ0n) is 18.9. The summed E-state index contributed by atoms with van der Waals surface area (Å²) in [4.78, 5) is 30.2. The molecule has 6 nitrogen and oxygen atoms in total. The van der Waals surface area contributed by atoms with Crippen molar-refractivity contribution < 1.29 is 9.59 Å². The second kappa shape index (κ2) is 10.1. The Hall–Kier alpha value is -3.93. The third kappa shape index (κ3) is 5.47. The number of para-hydroxylation sites is 2. The number of hydrogen-bond acceptors (Lipinski definition) is 3. The van der Waals surface area contributed by atoms with E-state index in [0.717, 1.165) is 23.0 Å². The minimum Gasteiger partial charge on any atom is -0.354 e. The summed E-state index contributed by atoms with van der Waals surface area (Å²) in [6, 6.07) is 24.8. The van der Waals surface area contributed by atoms with Crippen LogP contribution in [0.15, 0.2) is 78.9 Å². The number of hydrogen-bond donors (Lipinski definition) is 2. The molecule has 0 aliphatic heterocycles. The van der Waals surface area contributed by atoms with Crippen LogP contribution in [-0.2, 0) is 17.8 Å². The van der Waals surface area contributed by atoms with Gasteiger partial charge < -0.3 is 15.2 Å². The minimum atomic E-state index is -0.372. The molecule has 2 amide bonds. The van der Waals surface area contributed by atoms with Crippen LogP contribution in [0, 0.1) is 6.92 Å². The quantitative estimate of drug-likeness (QED) is 0.431. The van der Waals surface area contributed by atoms with Gasteiger partial charge in [-0.3, -0.25) is 9.59 Å². The molecule has 1 heterocycles. The maximum atomic E-state index is 12.7. The Balaban J connectivity index is 1.48. The van der Waals surface area contributed by atoms with E-state index < -0.39 is 0 Å². The van der Waals surface area contributed by atoms with Crippen molar-refractivity contribution in [3.8, 4) is 0 Å². The predicted octanol–water partition coefficient (Wildman–Crippen LogP) is 4.19. The lowest BCUT2D eigenvalue weighted by Gasteiger charge is -2.16. The molecule has 0 radical (unpaired) electrons. The first-order valence-electron chi connectivity index (χ1n) is 11.1. The van der Waals surface area contributed by atoms with Gasteiger partial charge in [-0.15, -0.1) is 0 Å². The highest BCUT2D eigenvalue weighted by Crippen LogP contribution is 2.21. The second-order valence-electron chi connectivity index (χ2n) is 8.19. The van der Waals surface area contributed by atoms with Gasteiger partial charge in [-0.05, 0) is 50.1 Å². The number of rotatable bonds is 8. The van der Waals surface area contributed by atoms with Crippen LogP contribution >= 0.6 is 0 Å². The minimum absolute atomic E-state index is 0.0904. The van der Waals surface area contributed by atoms with Crippen LogP contribution in [0.25, 0.3) is 11.0 Å². The predicted molar refractivity (Wildman–Crippen MR) is 130 cm³/mol. The fourth-order valence-corrected chi connectivity index (χ4v) is 3.83. The molecule has 0 saturated heterocycles. The average Bonchev–Trinajstić information content (AvgIpc) is 3.18. The molecule has 4 aromatic rings. The zero-order chi connectivity index (χ0) is 23.2. The number of benzene rings is 3. The van der Waals surface area contributed by atoms with E-state index in [4.69, 9.17) is 4.98 Å². The van der Waals surface area contributed by atoms with Crippen molar-refractivity contribution in [1.82, 2.24) is 20.2 Å². The maximum Gasteiger partial charge on any atom is 0.251 e. The number of nitrogens with one attached hydrogen (secondary N) is 2. The Morgan fingerprint density at radius 3 is 2.39 bits per heavy atom. The molecule has 168 valence electrons. The normalized spacial score (nSPS) is 11.8. The molecule has 6 heteroatoms. The molecule has 3 aromatic carbocycles. The largest absolute Gasteiger partial charge is 0.354 e. The Bertz CT molecular complexity index is 1250. The number of carbonyl (C=O) groups is 2. The lowest BCUT2D eigenvalue weighted by atomic mass is 10.1. The Morgan fingerprint density at radius 1 is 0.939 bits per heavy atom. The fourth-order valence-electron chi connectivity index (χ4n) is 3.83. The molecule has 2 N–H and O–H groups in total. The van der Waals surface area contributed by atoms with Crippen molar-refractivity contribution in [2.24, 2.45) is 0 Å². The van der Waals surface area contributed by atoms with Crippen LogP contribution in [0.2, 0.25) is 0 Å². The van der Waals surface area contributed by atoms with Gasteiger partial charge in [0.15, 0.2) is 0 Å². The van der Waals surface area contributed by atoms with Crippen LogP contribution in [0.4, 0.5) is 0 Å². The van der Waals surface area contributed by atoms with Crippen molar-refractivity contribution in [3.63, 3.8) is 0 Å². The first-order valence-corrected chi connectivity index (χ1v) is 11.1. The van der Waals surface area contributed by atoms with E-state index in [2.05, 4.69) is 10.6 Å². The summed E-state index contributed by atoms with van der Waals surface area (Å²) in [7, 11) is 0. The standard InChI is InChI=1S/C27H28N4O2/c1-19-12-14-22(15-13-19)27(33)29-20(2)26-30-23-10-6-7-11-24(23)31(26)18-25(32)28-17-16-21-8-4-3-5-9-21/h3-15,20H,16-18H2,1-2H3,(H,28,32)(H,29,33). The van der Waals surface area contributed by atoms with Crippen LogP contribution < -0.4 is 10.6 Å². The van der Waals surface area contributed by atoms with Crippen molar-refractivity contribution in [2.75, 3.05) is 6.54 Å². The summed E-state index contributed by atoms with van der Waals surface area (Å²) in [5, 5.41) is 6.01. The molecule has 0 bridgehead atoms. The van der Waals surface area contributed by atoms with Crippen LogP contribution in [0.3, 0.4) is 0 Å². The molecule has 0 spiro atoms. The van der Waals surface area contributed by atoms with Crippen LogP contribution in [0.1, 0.15) is 40.3 Å². The Labute approximate surface area is 193 Å². The summed E-state index contributed by atoms with van der Waals surface area (Å²) < 4.78 is 1.88. The number of fused-ring (bicyclic) bond motifs is 1. The zero-order valence-corrected chi connectivity index (χ0v) is 18.9. The second-order valence-corrected chi connectivity index (χ2v) is 8.19. The monoisotopic (exact) mass is 440 g/mol. The molecular weight excluding hydrogens is 412 g/mol. The van der Waals surface area contributed by atoms with Gasteiger partial charge in [0.2, 0.25) is 5.91 Å². The van der Waals surface area contributed by atoms with Gasteiger partial charge in [0.05, 0.1) is 17.1 Å². The summed E-state index contributed by atoms with van der Waals surface area (Å²) in [5.41, 5.74) is 4.52. The van der Waals surface area contributed by atoms with E-state index >= 15 is 0 Å². The summed E-state index contributed by atoms with van der Waals surface area (Å²) in [5.74, 6) is 0.385. The molecule has 0 aliphatic carbocycles. The van der Waals surface area contributed by atoms with E-state index in [9.17, 15) is 9.59 Å². The highest BCUT2D eigenvalue weighted by molar-refractivity contribution is 5.94. The Kier molecular flexibility index (Phi) is 6.83. The van der Waals surface area contributed by atoms with Gasteiger partial charge in [0.25, 0.3) is 5.91 Å². The van der Waals surface area contributed by atoms with E-state index in [0.29, 0.717) is 17.9 Å². The topological polar surface area (TPSA) is 76.0 Å². The number of imidazole rings is 1. The molecule has 1 aromatic heterocycles. The molecule has 33 heavy (non-hydrogen) atoms. The van der Waals surface area contributed by atoms with Crippen molar-refractivity contribution in [2.45, 2.75) is 32.9 Å². The molecule has 4 rings (SSSR count). The molecular formula is C27H28N4O2. The summed E-state index contributed by atoms with van der Waals surface area (Å²) in [6.07, 6.45) is 0.771. The average molecular weight is 441 g/mol. The maximum absolute atomic E-state index is 12.7. The van der Waals surface area contributed by atoms with Crippen molar-refractivity contribution in [3.05, 3.63) is 101 Å². The number of aromatic nitrogens is 2. The summed E-state index contributed by atoms with van der Waals surface area (Å²) >= 11 is 0. The van der Waals surface area contributed by atoms with Gasteiger partial charge in [-0.1, -0.05) is 60.2 Å². The lowest BCUT2D eigenvalue weighted by molar-refractivity contribution is -0.121. The fraction of sp³-hybridized carbons (Fsp3) is 0.222. The molecule has 0 fully saturated rings. The lowest BCUT2D eigenvalue weighted by Crippen LogP contribution is -2.32. The van der Waals surface area contributed by atoms with Gasteiger partial charge >= 0.3 is 0 Å². The third-order valence-electron chi connectivity index (χ3n) is 5.61. The van der Waals surface area contributed by atoms with Crippen LogP contribution in [-0.4, -0.2) is 27.9 Å².